The van der Waals surface area contributed by atoms with Crippen LogP contribution >= 0.6 is 0 Å². The molecule has 2 aromatic carbocycles. The third kappa shape index (κ3) is 7.78. The number of anilines is 1. The molecule has 2 aromatic rings. The van der Waals surface area contributed by atoms with Crippen LogP contribution in [0.5, 0.6) is 11.5 Å². The van der Waals surface area contributed by atoms with Crippen LogP contribution in [0.2, 0.25) is 0 Å². The van der Waals surface area contributed by atoms with E-state index >= 15 is 0 Å². The molecule has 0 saturated heterocycles. The van der Waals surface area contributed by atoms with E-state index < -0.39 is 53.6 Å². The maximum atomic E-state index is 13.6. The maximum Gasteiger partial charge on any atom is 0.331 e. The number of nitrogens with zero attached hydrogens (tertiary/aromatic N) is 1. The molecule has 2 amide bonds. The molecule has 1 atom stereocenters. The van der Waals surface area contributed by atoms with E-state index in [9.17, 15) is 27.6 Å². The van der Waals surface area contributed by atoms with Gasteiger partial charge in [-0.05, 0) is 42.8 Å². The Bertz CT molecular complexity index is 1180. The molecule has 0 saturated carbocycles. The van der Waals surface area contributed by atoms with Crippen molar-refractivity contribution >= 4 is 29.5 Å². The second kappa shape index (κ2) is 12.6. The predicted molar refractivity (Wildman–Crippen MR) is 117 cm³/mol. The normalized spacial score (nSPS) is 11.3. The van der Waals surface area contributed by atoms with Crippen LogP contribution in [0.1, 0.15) is 12.5 Å². The second-order valence-electron chi connectivity index (χ2n) is 6.76. The van der Waals surface area contributed by atoms with Crippen LogP contribution in [0.3, 0.4) is 0 Å². The van der Waals surface area contributed by atoms with Crippen LogP contribution < -0.4 is 20.1 Å². The fourth-order valence-electron chi connectivity index (χ4n) is 2.58. The molecule has 12 heteroatoms. The quantitative estimate of drug-likeness (QED) is 0.297. The molecular formula is C23H20F3N3O6. The summed E-state index contributed by atoms with van der Waals surface area (Å²) < 4.78 is 55.1. The third-order valence-electron chi connectivity index (χ3n) is 4.29. The van der Waals surface area contributed by atoms with E-state index in [4.69, 9.17) is 19.5 Å². The summed E-state index contributed by atoms with van der Waals surface area (Å²) >= 11 is 0. The van der Waals surface area contributed by atoms with Gasteiger partial charge in [0.15, 0.2) is 41.7 Å². The number of ether oxygens (including phenoxy) is 3. The van der Waals surface area contributed by atoms with E-state index in [1.807, 2.05) is 11.4 Å². The average Bonchev–Trinajstić information content (AvgIpc) is 2.85. The van der Waals surface area contributed by atoms with Gasteiger partial charge in [0.05, 0.1) is 19.3 Å². The number of hydrogen-bond acceptors (Lipinski definition) is 7. The molecule has 2 N–H and O–H groups in total. The van der Waals surface area contributed by atoms with Crippen molar-refractivity contribution in [3.8, 4) is 17.6 Å². The number of carbonyl (C=O) groups excluding carboxylic acids is 3. The van der Waals surface area contributed by atoms with Crippen molar-refractivity contribution in [3.63, 3.8) is 0 Å². The highest BCUT2D eigenvalue weighted by molar-refractivity contribution is 5.96. The first-order valence-electron chi connectivity index (χ1n) is 9.93. The van der Waals surface area contributed by atoms with E-state index in [-0.39, 0.29) is 6.61 Å². The van der Waals surface area contributed by atoms with Crippen LogP contribution in [-0.2, 0) is 19.1 Å². The van der Waals surface area contributed by atoms with Crippen LogP contribution in [0, 0.1) is 28.8 Å². The molecule has 0 bridgehead atoms. The van der Waals surface area contributed by atoms with Gasteiger partial charge < -0.3 is 24.8 Å². The fourth-order valence-corrected chi connectivity index (χ4v) is 2.58. The summed E-state index contributed by atoms with van der Waals surface area (Å²) in [5, 5.41) is 12.7. The molecule has 184 valence electrons. The van der Waals surface area contributed by atoms with Crippen molar-refractivity contribution in [1.29, 1.82) is 5.26 Å². The Morgan fingerprint density at radius 2 is 1.86 bits per heavy atom. The first kappa shape index (κ1) is 26.7. The highest BCUT2D eigenvalue weighted by atomic mass is 19.2. The molecular weight excluding hydrogens is 471 g/mol. The third-order valence-corrected chi connectivity index (χ3v) is 4.29. The highest BCUT2D eigenvalue weighted by Gasteiger charge is 2.19. The van der Waals surface area contributed by atoms with Crippen LogP contribution in [0.4, 0.5) is 18.9 Å². The molecule has 2 rings (SSSR count). The summed E-state index contributed by atoms with van der Waals surface area (Å²) in [4.78, 5) is 35.9. The minimum Gasteiger partial charge on any atom is -0.493 e. The summed E-state index contributed by atoms with van der Waals surface area (Å²) in [5.74, 6) is -6.67. The summed E-state index contributed by atoms with van der Waals surface area (Å²) in [5.41, 5.74) is -0.0598. The SMILES string of the molecule is COc1cc(C=CC(=O)OC(C)C(=O)NCC(=O)Nc2ccc(F)c(F)c2F)ccc1OCC#N. The largest absolute Gasteiger partial charge is 0.493 e. The average molecular weight is 491 g/mol. The number of esters is 1. The van der Waals surface area contributed by atoms with Crippen molar-refractivity contribution < 1.29 is 41.8 Å². The molecule has 0 radical (unpaired) electrons. The van der Waals surface area contributed by atoms with Gasteiger partial charge in [0.25, 0.3) is 5.91 Å². The van der Waals surface area contributed by atoms with Crippen molar-refractivity contribution in [1.82, 2.24) is 5.32 Å². The lowest BCUT2D eigenvalue weighted by atomic mass is 10.2. The Labute approximate surface area is 198 Å². The Morgan fingerprint density at radius 3 is 2.54 bits per heavy atom. The van der Waals surface area contributed by atoms with E-state index in [1.54, 1.807) is 18.2 Å². The number of amides is 2. The molecule has 0 aliphatic carbocycles. The first-order valence-corrected chi connectivity index (χ1v) is 9.93. The van der Waals surface area contributed by atoms with Crippen molar-refractivity contribution in [3.05, 3.63) is 59.4 Å². The fraction of sp³-hybridized carbons (Fsp3) is 0.217. The van der Waals surface area contributed by atoms with Gasteiger partial charge in [0.2, 0.25) is 5.91 Å². The number of hydrogen-bond donors (Lipinski definition) is 2. The summed E-state index contributed by atoms with van der Waals surface area (Å²) in [6, 6.07) is 8.00. The van der Waals surface area contributed by atoms with Crippen molar-refractivity contribution in [2.45, 2.75) is 13.0 Å². The van der Waals surface area contributed by atoms with Crippen LogP contribution in [0.15, 0.2) is 36.4 Å². The second-order valence-corrected chi connectivity index (χ2v) is 6.76. The number of methoxy groups -OCH3 is 1. The number of carbonyl (C=O) groups is 3. The monoisotopic (exact) mass is 491 g/mol. The zero-order valence-electron chi connectivity index (χ0n) is 18.6. The zero-order valence-corrected chi connectivity index (χ0v) is 18.6. The number of halogens is 3. The standard InChI is InChI=1S/C23H20F3N3O6/c1-13(23(32)28-12-19(30)29-16-6-5-15(24)21(25)22(16)26)35-20(31)8-4-14-3-7-17(34-10-9-27)18(11-14)33-2/h3-8,11,13H,10,12H2,1-2H3,(H,28,32)(H,29,30). The van der Waals surface area contributed by atoms with E-state index in [0.29, 0.717) is 23.1 Å². The molecule has 0 aromatic heterocycles. The predicted octanol–water partition coefficient (Wildman–Crippen LogP) is 2.71. The Balaban J connectivity index is 1.86. The van der Waals surface area contributed by atoms with Gasteiger partial charge >= 0.3 is 5.97 Å². The molecule has 0 heterocycles. The van der Waals surface area contributed by atoms with Gasteiger partial charge in [-0.1, -0.05) is 6.07 Å². The van der Waals surface area contributed by atoms with Crippen LogP contribution in [0.25, 0.3) is 6.08 Å². The smallest absolute Gasteiger partial charge is 0.331 e. The minimum atomic E-state index is -1.75. The minimum absolute atomic E-state index is 0.166. The number of benzene rings is 2. The Morgan fingerprint density at radius 1 is 1.11 bits per heavy atom. The molecule has 1 unspecified atom stereocenters. The van der Waals surface area contributed by atoms with Crippen molar-refractivity contribution in [2.24, 2.45) is 0 Å². The van der Waals surface area contributed by atoms with E-state index in [0.717, 1.165) is 12.1 Å². The lowest BCUT2D eigenvalue weighted by Gasteiger charge is -2.13. The summed E-state index contributed by atoms with van der Waals surface area (Å²) in [6.07, 6.45) is 1.18. The number of rotatable bonds is 10. The molecule has 0 fully saturated rings. The number of nitriles is 1. The molecule has 35 heavy (non-hydrogen) atoms. The van der Waals surface area contributed by atoms with Gasteiger partial charge in [-0.15, -0.1) is 0 Å². The molecule has 0 spiro atoms. The Hall–Kier alpha value is -4.53. The van der Waals surface area contributed by atoms with Crippen LogP contribution in [-0.4, -0.2) is 44.1 Å². The van der Waals surface area contributed by atoms with E-state index in [2.05, 4.69) is 5.32 Å². The first-order chi connectivity index (χ1) is 16.7. The van der Waals surface area contributed by atoms with Crippen molar-refractivity contribution in [2.75, 3.05) is 25.6 Å². The lowest BCUT2D eigenvalue weighted by Crippen LogP contribution is -2.40. The molecule has 0 aliphatic heterocycles. The van der Waals surface area contributed by atoms with Gasteiger partial charge in [-0.2, -0.15) is 5.26 Å². The van der Waals surface area contributed by atoms with Gasteiger partial charge in [-0.3, -0.25) is 9.59 Å². The summed E-state index contributed by atoms with van der Waals surface area (Å²) in [6.45, 7) is 0.453. The van der Waals surface area contributed by atoms with E-state index in [1.165, 1.54) is 20.1 Å². The molecule has 9 nitrogen and oxygen atoms in total. The van der Waals surface area contributed by atoms with Gasteiger partial charge in [0.1, 0.15) is 6.07 Å². The highest BCUT2D eigenvalue weighted by Crippen LogP contribution is 2.28. The lowest BCUT2D eigenvalue weighted by molar-refractivity contribution is -0.150. The zero-order chi connectivity index (χ0) is 26.0. The summed E-state index contributed by atoms with van der Waals surface area (Å²) in [7, 11) is 1.41. The van der Waals surface area contributed by atoms with Gasteiger partial charge in [-0.25, -0.2) is 18.0 Å². The maximum absolute atomic E-state index is 13.6. The molecule has 0 aliphatic rings. The van der Waals surface area contributed by atoms with Gasteiger partial charge in [0, 0.05) is 6.08 Å². The Kier molecular flexibility index (Phi) is 9.65. The number of nitrogens with one attached hydrogen (secondary N) is 2. The topological polar surface area (TPSA) is 127 Å².